The fraction of sp³-hybridized carbons (Fsp3) is 0.269. The van der Waals surface area contributed by atoms with Crippen molar-refractivity contribution in [2.45, 2.75) is 30.7 Å². The number of rotatable bonds is 12. The van der Waals surface area contributed by atoms with Crippen molar-refractivity contribution >= 4 is 5.97 Å². The van der Waals surface area contributed by atoms with Gasteiger partial charge in [-0.2, -0.15) is 13.2 Å². The van der Waals surface area contributed by atoms with E-state index in [1.807, 2.05) is 0 Å². The molecule has 0 radical (unpaired) electrons. The molecule has 0 fully saturated rings. The summed E-state index contributed by atoms with van der Waals surface area (Å²) < 4.78 is 116. The van der Waals surface area contributed by atoms with E-state index in [1.165, 1.54) is 30.3 Å². The summed E-state index contributed by atoms with van der Waals surface area (Å²) in [6.07, 6.45) is -2.86. The van der Waals surface area contributed by atoms with E-state index in [-0.39, 0.29) is 16.6 Å². The number of tetrazole rings is 1. The van der Waals surface area contributed by atoms with Crippen molar-refractivity contribution in [3.8, 4) is 16.9 Å². The minimum atomic E-state index is -4.53. The monoisotopic (exact) mass is 725 g/mol. The van der Waals surface area contributed by atoms with E-state index in [4.69, 9.17) is 8.68 Å². The van der Waals surface area contributed by atoms with Gasteiger partial charge in [-0.25, -0.2) is 0 Å². The van der Waals surface area contributed by atoms with E-state index < -0.39 is 81.2 Å². The molecular formula is C26H21F7IN6O3-. The Morgan fingerprint density at radius 2 is 1.70 bits per heavy atom. The molecule has 4 rings (SSSR count). The van der Waals surface area contributed by atoms with Gasteiger partial charge in [0.15, 0.2) is 6.61 Å². The fourth-order valence-electron chi connectivity index (χ4n) is 4.05. The number of carbonyl (C=O) groups is 1. The number of nitrogens with zero attached hydrogens (tertiary/aromatic N) is 5. The Balaban J connectivity index is 1.75. The van der Waals surface area contributed by atoms with Crippen molar-refractivity contribution in [2.24, 2.45) is 3.95 Å². The Morgan fingerprint density at radius 3 is 2.28 bits per heavy atom. The van der Waals surface area contributed by atoms with E-state index in [1.54, 1.807) is 0 Å². The normalized spacial score (nSPS) is 13.5. The van der Waals surface area contributed by atoms with Crippen molar-refractivity contribution in [1.29, 1.82) is 0 Å². The number of aromatic nitrogens is 5. The van der Waals surface area contributed by atoms with Gasteiger partial charge in [0.25, 0.3) is 0 Å². The summed E-state index contributed by atoms with van der Waals surface area (Å²) in [5, 5.41) is 10.4. The molecule has 0 aliphatic rings. The van der Waals surface area contributed by atoms with Crippen LogP contribution in [0.1, 0.15) is 17.7 Å². The van der Waals surface area contributed by atoms with Crippen molar-refractivity contribution in [3.05, 3.63) is 90.0 Å². The number of ether oxygens (including phenoxy) is 2. The molecule has 0 saturated heterocycles. The predicted molar refractivity (Wildman–Crippen MR) is 131 cm³/mol. The Hall–Kier alpha value is -3.87. The van der Waals surface area contributed by atoms with Gasteiger partial charge in [-0.05, 0) is 12.1 Å². The van der Waals surface area contributed by atoms with Gasteiger partial charge < -0.3 is 4.74 Å². The molecular weight excluding hydrogens is 704 g/mol. The first-order valence-corrected chi connectivity index (χ1v) is 14.9. The summed E-state index contributed by atoms with van der Waals surface area (Å²) in [7, 11) is 0. The quantitative estimate of drug-likeness (QED) is 0.0770. The second-order valence-corrected chi connectivity index (χ2v) is 10.9. The summed E-state index contributed by atoms with van der Waals surface area (Å²) in [6.45, 7) is -2.47. The number of pyridine rings is 1. The number of esters is 1. The molecule has 1 atom stereocenters. The third-order valence-corrected chi connectivity index (χ3v) is 7.18. The second kappa shape index (κ2) is 13.2. The Kier molecular flexibility index (Phi) is 9.83. The minimum absolute atomic E-state index is 0.0653. The maximum atomic E-state index is 16.7. The first-order chi connectivity index (χ1) is 20.3. The van der Waals surface area contributed by atoms with Gasteiger partial charge in [0, 0.05) is 0 Å². The molecule has 9 nitrogen and oxygen atoms in total. The third-order valence-electron chi connectivity index (χ3n) is 6.02. The molecule has 2 N–H and O–H groups in total. The number of nitrogens with two attached hydrogens (primary N) is 1. The second-order valence-electron chi connectivity index (χ2n) is 8.96. The van der Waals surface area contributed by atoms with Crippen LogP contribution in [0.15, 0.2) is 67.1 Å². The topological polar surface area (TPSA) is 118 Å². The first kappa shape index (κ1) is 32.1. The zero-order valence-electron chi connectivity index (χ0n) is 21.7. The summed E-state index contributed by atoms with van der Waals surface area (Å²) in [5.41, 5.74) is -4.24. The van der Waals surface area contributed by atoms with Crippen molar-refractivity contribution < 1.29 is 66.5 Å². The van der Waals surface area contributed by atoms with Crippen LogP contribution in [0.3, 0.4) is 0 Å². The SMILES string of the molecule is N[I-]CCC(=O)OC(Cn1cnnn1)(c1ccc(F)cc1F)C(F)(F)c1ccc(-c2ccc(OCC(F)(F)F)cc2)cn1. The number of benzene rings is 2. The number of hydrogen-bond acceptors (Lipinski definition) is 8. The molecule has 0 saturated carbocycles. The van der Waals surface area contributed by atoms with Gasteiger partial charge in [-0.1, -0.05) is 0 Å². The molecule has 0 aliphatic heterocycles. The molecule has 2 heterocycles. The Bertz CT molecular complexity index is 1520. The number of hydrogen-bond donors (Lipinski definition) is 1. The zero-order valence-corrected chi connectivity index (χ0v) is 23.9. The van der Waals surface area contributed by atoms with Crippen LogP contribution in [0.5, 0.6) is 5.75 Å². The predicted octanol–water partition coefficient (Wildman–Crippen LogP) is 1.54. The maximum absolute atomic E-state index is 16.7. The average molecular weight is 725 g/mol. The van der Waals surface area contributed by atoms with Gasteiger partial charge in [-0.3, -0.25) is 0 Å². The van der Waals surface area contributed by atoms with Crippen molar-refractivity contribution in [2.75, 3.05) is 11.0 Å². The molecule has 0 bridgehead atoms. The van der Waals surface area contributed by atoms with Gasteiger partial charge in [0.1, 0.15) is 5.75 Å². The third kappa shape index (κ3) is 7.56. The fourth-order valence-corrected chi connectivity index (χ4v) is 4.80. The van der Waals surface area contributed by atoms with Gasteiger partial charge in [0.05, 0.1) is 0 Å². The van der Waals surface area contributed by atoms with Crippen molar-refractivity contribution in [1.82, 2.24) is 25.2 Å². The Labute approximate surface area is 249 Å². The van der Waals surface area contributed by atoms with Crippen LogP contribution in [0.2, 0.25) is 0 Å². The molecule has 0 aliphatic carbocycles. The molecule has 0 spiro atoms. The summed E-state index contributed by atoms with van der Waals surface area (Å²) in [4.78, 5) is 16.7. The van der Waals surface area contributed by atoms with Crippen LogP contribution in [-0.2, 0) is 27.6 Å². The summed E-state index contributed by atoms with van der Waals surface area (Å²) in [5.74, 6) is -7.93. The van der Waals surface area contributed by atoms with E-state index in [0.717, 1.165) is 35.4 Å². The first-order valence-electron chi connectivity index (χ1n) is 12.1. The molecule has 4 aromatic rings. The standard InChI is InChI=1S/C26H21F7IN6O3/c27-18-4-7-20(21(28)11-18)24(13-40-15-37-38-39-40,43-23(41)9-10-34-35)26(32,33)22-8-3-17(12-36-22)16-1-5-19(6-2-16)42-14-25(29,30)31/h1-8,11-12,15H,9-10,13-14,35H2/q-1. The molecule has 43 heavy (non-hydrogen) atoms. The summed E-state index contributed by atoms with van der Waals surface area (Å²) >= 11 is -0.906. The van der Waals surface area contributed by atoms with Gasteiger partial charge in [-0.15, -0.1) is 0 Å². The van der Waals surface area contributed by atoms with E-state index in [9.17, 15) is 22.4 Å². The summed E-state index contributed by atoms with van der Waals surface area (Å²) in [6, 6.07) is 9.34. The van der Waals surface area contributed by atoms with Gasteiger partial charge in [0.2, 0.25) is 0 Å². The van der Waals surface area contributed by atoms with Crippen LogP contribution in [0.25, 0.3) is 11.1 Å². The molecule has 0 amide bonds. The molecule has 230 valence electrons. The molecule has 17 heteroatoms. The number of alkyl halides is 6. The zero-order chi connectivity index (χ0) is 31.3. The van der Waals surface area contributed by atoms with E-state index in [2.05, 4.69) is 25.2 Å². The van der Waals surface area contributed by atoms with E-state index in [0.29, 0.717) is 17.2 Å². The molecule has 1 unspecified atom stereocenters. The number of carbonyl (C=O) groups excluding carboxylic acids is 1. The molecule has 2 aromatic heterocycles. The van der Waals surface area contributed by atoms with Crippen LogP contribution in [-0.4, -0.2) is 48.4 Å². The van der Waals surface area contributed by atoms with E-state index >= 15 is 13.2 Å². The Morgan fingerprint density at radius 1 is 0.977 bits per heavy atom. The van der Waals surface area contributed by atoms with Crippen LogP contribution >= 0.6 is 0 Å². The number of halogens is 8. The van der Waals surface area contributed by atoms with Crippen molar-refractivity contribution in [3.63, 3.8) is 0 Å². The average Bonchev–Trinajstić information content (AvgIpc) is 3.47. The molecule has 2 aromatic carbocycles. The van der Waals surface area contributed by atoms with Crippen LogP contribution < -0.4 is 30.2 Å². The van der Waals surface area contributed by atoms with Gasteiger partial charge >= 0.3 is 208 Å². The van der Waals surface area contributed by atoms with Crippen LogP contribution in [0.4, 0.5) is 30.7 Å². The van der Waals surface area contributed by atoms with Crippen LogP contribution in [0, 0.1) is 11.6 Å².